The van der Waals surface area contributed by atoms with Crippen LogP contribution in [0, 0.1) is 5.82 Å². The lowest BCUT2D eigenvalue weighted by Crippen LogP contribution is -2.53. The molecule has 1 saturated heterocycles. The number of amides is 4. The van der Waals surface area contributed by atoms with E-state index in [0.29, 0.717) is 29.2 Å². The lowest BCUT2D eigenvalue weighted by molar-refractivity contribution is -0.130. The summed E-state index contributed by atoms with van der Waals surface area (Å²) in [7, 11) is 1.49. The number of halogens is 1. The highest BCUT2D eigenvalue weighted by molar-refractivity contribution is 6.30. The molecule has 8 heteroatoms. The van der Waals surface area contributed by atoms with Gasteiger partial charge in [-0.25, -0.2) is 9.18 Å². The van der Waals surface area contributed by atoms with Crippen LogP contribution in [0.25, 0.3) is 6.08 Å². The van der Waals surface area contributed by atoms with E-state index >= 15 is 0 Å². The maximum atomic E-state index is 13.2. The molecule has 0 bridgehead atoms. The number of imide groups is 2. The summed E-state index contributed by atoms with van der Waals surface area (Å²) in [6.07, 6.45) is 1.38. The summed E-state index contributed by atoms with van der Waals surface area (Å²) in [5, 5.41) is 2.17. The zero-order valence-corrected chi connectivity index (χ0v) is 18.3. The van der Waals surface area contributed by atoms with Gasteiger partial charge >= 0.3 is 6.03 Å². The van der Waals surface area contributed by atoms with Gasteiger partial charge < -0.3 is 9.47 Å². The van der Waals surface area contributed by atoms with E-state index in [4.69, 9.17) is 9.47 Å². The molecular weight excluding hydrogens is 439 g/mol. The topological polar surface area (TPSA) is 84.9 Å². The molecule has 3 aromatic carbocycles. The number of rotatable bonds is 7. The van der Waals surface area contributed by atoms with E-state index in [2.05, 4.69) is 5.32 Å². The summed E-state index contributed by atoms with van der Waals surface area (Å²) in [4.78, 5) is 38.5. The quantitative estimate of drug-likeness (QED) is 0.424. The van der Waals surface area contributed by atoms with Crippen molar-refractivity contribution in [3.8, 4) is 11.5 Å². The second-order valence-electron chi connectivity index (χ2n) is 7.52. The summed E-state index contributed by atoms with van der Waals surface area (Å²) in [6.45, 7) is 0.240. The molecule has 0 unspecified atom stereocenters. The lowest BCUT2D eigenvalue weighted by Gasteiger charge is -2.26. The summed E-state index contributed by atoms with van der Waals surface area (Å²) in [5.41, 5.74) is 1.84. The predicted molar refractivity (Wildman–Crippen MR) is 122 cm³/mol. The molecule has 1 aliphatic heterocycles. The van der Waals surface area contributed by atoms with Crippen LogP contribution in [0.4, 0.5) is 9.18 Å². The first kappa shape index (κ1) is 22.7. The standard InChI is InChI=1S/C26H21FN2O5/c1-33-23-14-19(9-12-22(23)34-16-18-5-3-2-4-6-18)13-21-24(30)28-26(32)29(25(21)31)15-17-7-10-20(27)11-8-17/h2-14H,15-16H2,1H3,(H,28,30,32). The fourth-order valence-corrected chi connectivity index (χ4v) is 3.41. The second kappa shape index (κ2) is 9.99. The molecule has 7 nitrogen and oxygen atoms in total. The van der Waals surface area contributed by atoms with Crippen molar-refractivity contribution < 1.29 is 28.2 Å². The van der Waals surface area contributed by atoms with Crippen LogP contribution >= 0.6 is 0 Å². The number of methoxy groups -OCH3 is 1. The molecule has 1 aliphatic rings. The van der Waals surface area contributed by atoms with E-state index in [1.54, 1.807) is 18.2 Å². The summed E-state index contributed by atoms with van der Waals surface area (Å²) in [5.74, 6) is -1.05. The maximum Gasteiger partial charge on any atom is 0.331 e. The predicted octanol–water partition coefficient (Wildman–Crippen LogP) is 4.08. The Morgan fingerprint density at radius 3 is 2.35 bits per heavy atom. The Labute approximate surface area is 195 Å². The van der Waals surface area contributed by atoms with Crippen molar-refractivity contribution in [2.45, 2.75) is 13.2 Å². The van der Waals surface area contributed by atoms with Crippen molar-refractivity contribution in [3.63, 3.8) is 0 Å². The molecule has 0 spiro atoms. The van der Waals surface area contributed by atoms with Crippen LogP contribution in [-0.4, -0.2) is 29.9 Å². The van der Waals surface area contributed by atoms with Gasteiger partial charge in [-0.3, -0.25) is 19.8 Å². The number of nitrogens with zero attached hydrogens (tertiary/aromatic N) is 1. The minimum Gasteiger partial charge on any atom is -0.493 e. The van der Waals surface area contributed by atoms with Gasteiger partial charge in [0, 0.05) is 0 Å². The van der Waals surface area contributed by atoms with Gasteiger partial charge in [0.2, 0.25) is 0 Å². The number of benzene rings is 3. The minimum atomic E-state index is -0.835. The van der Waals surface area contributed by atoms with E-state index < -0.39 is 23.7 Å². The Hall–Kier alpha value is -4.46. The molecule has 0 atom stereocenters. The van der Waals surface area contributed by atoms with Crippen molar-refractivity contribution in [2.75, 3.05) is 7.11 Å². The third-order valence-corrected chi connectivity index (χ3v) is 5.18. The fourth-order valence-electron chi connectivity index (χ4n) is 3.41. The molecule has 172 valence electrons. The molecule has 4 rings (SSSR count). The number of ether oxygens (including phenoxy) is 2. The van der Waals surface area contributed by atoms with Gasteiger partial charge in [-0.2, -0.15) is 0 Å². The third-order valence-electron chi connectivity index (χ3n) is 5.18. The van der Waals surface area contributed by atoms with Crippen molar-refractivity contribution in [3.05, 3.63) is 101 Å². The smallest absolute Gasteiger partial charge is 0.331 e. The lowest BCUT2D eigenvalue weighted by atomic mass is 10.1. The van der Waals surface area contributed by atoms with E-state index in [1.807, 2.05) is 30.3 Å². The minimum absolute atomic E-state index is 0.106. The molecular formula is C26H21FN2O5. The Kier molecular flexibility index (Phi) is 6.68. The number of nitrogens with one attached hydrogen (secondary N) is 1. The Bertz CT molecular complexity index is 1260. The highest BCUT2D eigenvalue weighted by Crippen LogP contribution is 2.30. The zero-order chi connectivity index (χ0) is 24.1. The number of hydrogen-bond acceptors (Lipinski definition) is 5. The zero-order valence-electron chi connectivity index (χ0n) is 18.3. The molecule has 0 saturated carbocycles. The molecule has 34 heavy (non-hydrogen) atoms. The Morgan fingerprint density at radius 1 is 0.912 bits per heavy atom. The highest BCUT2D eigenvalue weighted by atomic mass is 19.1. The molecule has 1 fully saturated rings. The van der Waals surface area contributed by atoms with Crippen LogP contribution in [-0.2, 0) is 22.7 Å². The van der Waals surface area contributed by atoms with Crippen LogP contribution < -0.4 is 14.8 Å². The third kappa shape index (κ3) is 5.12. The van der Waals surface area contributed by atoms with Crippen molar-refractivity contribution >= 4 is 23.9 Å². The number of hydrogen-bond donors (Lipinski definition) is 1. The number of carbonyl (C=O) groups is 3. The largest absolute Gasteiger partial charge is 0.493 e. The van der Waals surface area contributed by atoms with Crippen LogP contribution in [0.5, 0.6) is 11.5 Å². The van der Waals surface area contributed by atoms with Crippen LogP contribution in [0.15, 0.2) is 78.4 Å². The molecule has 4 amide bonds. The highest BCUT2D eigenvalue weighted by Gasteiger charge is 2.35. The van der Waals surface area contributed by atoms with Crippen molar-refractivity contribution in [1.82, 2.24) is 10.2 Å². The van der Waals surface area contributed by atoms with E-state index in [-0.39, 0.29) is 12.1 Å². The van der Waals surface area contributed by atoms with Gasteiger partial charge in [0.05, 0.1) is 13.7 Å². The fraction of sp³-hybridized carbons (Fsp3) is 0.115. The molecule has 3 aromatic rings. The van der Waals surface area contributed by atoms with Gasteiger partial charge in [0.25, 0.3) is 11.8 Å². The van der Waals surface area contributed by atoms with Gasteiger partial charge in [0.15, 0.2) is 11.5 Å². The maximum absolute atomic E-state index is 13.2. The second-order valence-corrected chi connectivity index (χ2v) is 7.52. The number of urea groups is 1. The normalized spacial score (nSPS) is 14.8. The van der Waals surface area contributed by atoms with E-state index in [9.17, 15) is 18.8 Å². The van der Waals surface area contributed by atoms with Crippen LogP contribution in [0.3, 0.4) is 0 Å². The van der Waals surface area contributed by atoms with Gasteiger partial charge in [-0.15, -0.1) is 0 Å². The first-order valence-corrected chi connectivity index (χ1v) is 10.4. The molecule has 0 aromatic heterocycles. The molecule has 1 N–H and O–H groups in total. The number of barbiturate groups is 1. The van der Waals surface area contributed by atoms with Crippen molar-refractivity contribution in [2.24, 2.45) is 0 Å². The average molecular weight is 460 g/mol. The summed E-state index contributed by atoms with van der Waals surface area (Å²) >= 11 is 0. The summed E-state index contributed by atoms with van der Waals surface area (Å²) in [6, 6.07) is 19.2. The molecule has 1 heterocycles. The van der Waals surface area contributed by atoms with Gasteiger partial charge in [-0.05, 0) is 47.0 Å². The van der Waals surface area contributed by atoms with Crippen LogP contribution in [0.2, 0.25) is 0 Å². The van der Waals surface area contributed by atoms with Gasteiger partial charge in [0.1, 0.15) is 18.0 Å². The first-order valence-electron chi connectivity index (χ1n) is 10.4. The van der Waals surface area contributed by atoms with Gasteiger partial charge in [-0.1, -0.05) is 48.5 Å². The Balaban J connectivity index is 1.55. The van der Waals surface area contributed by atoms with Crippen molar-refractivity contribution in [1.29, 1.82) is 0 Å². The average Bonchev–Trinajstić information content (AvgIpc) is 2.85. The monoisotopic (exact) mass is 460 g/mol. The SMILES string of the molecule is COc1cc(C=C2C(=O)NC(=O)N(Cc3ccc(F)cc3)C2=O)ccc1OCc1ccccc1. The van der Waals surface area contributed by atoms with E-state index in [1.165, 1.54) is 37.5 Å². The van der Waals surface area contributed by atoms with Crippen LogP contribution in [0.1, 0.15) is 16.7 Å². The first-order chi connectivity index (χ1) is 16.4. The Morgan fingerprint density at radius 2 is 1.65 bits per heavy atom. The molecule has 0 radical (unpaired) electrons. The summed E-state index contributed by atoms with van der Waals surface area (Å²) < 4.78 is 24.4. The number of carbonyl (C=O) groups excluding carboxylic acids is 3. The molecule has 0 aliphatic carbocycles. The van der Waals surface area contributed by atoms with E-state index in [0.717, 1.165) is 10.5 Å².